The molecule has 0 bridgehead atoms. The summed E-state index contributed by atoms with van der Waals surface area (Å²) in [6.45, 7) is 0. The largest absolute Gasteiger partial charge is 0.394 e. The van der Waals surface area contributed by atoms with Crippen LogP contribution < -0.4 is 5.73 Å². The van der Waals surface area contributed by atoms with Crippen molar-refractivity contribution in [2.45, 2.75) is 0 Å². The van der Waals surface area contributed by atoms with E-state index in [-0.39, 0.29) is 0 Å². The number of benzene rings is 1. The lowest BCUT2D eigenvalue weighted by molar-refractivity contribution is 0.433. The third-order valence-electron chi connectivity index (χ3n) is 2.80. The maximum Gasteiger partial charge on any atom is 0.191 e. The number of nitrogens with zero attached hydrogens (tertiary/aromatic N) is 2. The average molecular weight is 292 g/mol. The van der Waals surface area contributed by atoms with Gasteiger partial charge in [0, 0.05) is 34.2 Å². The van der Waals surface area contributed by atoms with Gasteiger partial charge in [-0.25, -0.2) is 0 Å². The summed E-state index contributed by atoms with van der Waals surface area (Å²) < 4.78 is 8.29. The summed E-state index contributed by atoms with van der Waals surface area (Å²) in [6.07, 6.45) is 3.51. The molecule has 0 aliphatic rings. The molecule has 3 aromatic rings. The van der Waals surface area contributed by atoms with E-state index >= 15 is 0 Å². The zero-order valence-corrected chi connectivity index (χ0v) is 10.7. The Morgan fingerprint density at radius 1 is 1.41 bits per heavy atom. The van der Waals surface area contributed by atoms with Gasteiger partial charge in [-0.05, 0) is 12.1 Å². The Hall–Kier alpha value is -1.75. The Morgan fingerprint density at radius 3 is 2.94 bits per heavy atom. The molecule has 0 saturated heterocycles. The molecule has 0 amide bonds. The maximum absolute atomic E-state index is 5.83. The molecule has 0 aliphatic carbocycles. The van der Waals surface area contributed by atoms with E-state index in [9.17, 15) is 0 Å². The third-order valence-corrected chi connectivity index (χ3v) is 3.29. The van der Waals surface area contributed by atoms with Gasteiger partial charge in [-0.1, -0.05) is 27.2 Å². The summed E-state index contributed by atoms with van der Waals surface area (Å²) in [5, 5.41) is 4.81. The zero-order chi connectivity index (χ0) is 12.0. The molecule has 1 aromatic carbocycles. The molecule has 0 saturated carbocycles. The summed E-state index contributed by atoms with van der Waals surface area (Å²) >= 11 is 3.47. The van der Waals surface area contributed by atoms with E-state index in [0.29, 0.717) is 11.4 Å². The highest BCUT2D eigenvalue weighted by molar-refractivity contribution is 9.10. The van der Waals surface area contributed by atoms with Crippen molar-refractivity contribution in [3.63, 3.8) is 0 Å². The van der Waals surface area contributed by atoms with Gasteiger partial charge in [-0.3, -0.25) is 0 Å². The van der Waals surface area contributed by atoms with E-state index in [1.54, 1.807) is 0 Å². The van der Waals surface area contributed by atoms with Gasteiger partial charge in [0.05, 0.1) is 6.20 Å². The number of rotatable bonds is 1. The fourth-order valence-electron chi connectivity index (χ4n) is 1.99. The predicted molar refractivity (Wildman–Crippen MR) is 70.5 cm³/mol. The standard InChI is InChI=1S/C12H10BrN3O/c1-16-6-9(12-10(14)5-15-17-12)8-3-2-7(13)4-11(8)16/h2-6H,14H2,1H3. The Bertz CT molecular complexity index is 699. The van der Waals surface area contributed by atoms with Crippen molar-refractivity contribution in [3.05, 3.63) is 35.1 Å². The molecule has 2 aromatic heterocycles. The Kier molecular flexibility index (Phi) is 2.22. The quantitative estimate of drug-likeness (QED) is 0.749. The SMILES string of the molecule is Cn1cc(-c2oncc2N)c2ccc(Br)cc21. The third kappa shape index (κ3) is 1.54. The molecule has 0 fully saturated rings. The fraction of sp³-hybridized carbons (Fsp3) is 0.0833. The number of hydrogen-bond donors (Lipinski definition) is 1. The average Bonchev–Trinajstić information content (AvgIpc) is 2.84. The molecular formula is C12H10BrN3O. The second-order valence-electron chi connectivity index (χ2n) is 3.93. The van der Waals surface area contributed by atoms with Gasteiger partial charge < -0.3 is 14.8 Å². The van der Waals surface area contributed by atoms with Crippen molar-refractivity contribution in [3.8, 4) is 11.3 Å². The summed E-state index contributed by atoms with van der Waals surface area (Å²) in [5.41, 5.74) is 8.46. The van der Waals surface area contributed by atoms with Gasteiger partial charge in [0.2, 0.25) is 0 Å². The highest BCUT2D eigenvalue weighted by Crippen LogP contribution is 2.34. The number of aromatic nitrogens is 2. The molecule has 5 heteroatoms. The van der Waals surface area contributed by atoms with E-state index in [1.165, 1.54) is 6.20 Å². The lowest BCUT2D eigenvalue weighted by atomic mass is 10.1. The molecule has 0 radical (unpaired) electrons. The number of nitrogens with two attached hydrogens (primary N) is 1. The predicted octanol–water partition coefficient (Wildman–Crippen LogP) is 3.18. The fourth-order valence-corrected chi connectivity index (χ4v) is 2.34. The van der Waals surface area contributed by atoms with E-state index in [1.807, 2.05) is 29.9 Å². The van der Waals surface area contributed by atoms with Crippen molar-refractivity contribution >= 4 is 32.5 Å². The van der Waals surface area contributed by atoms with Crippen LogP contribution in [-0.2, 0) is 7.05 Å². The monoisotopic (exact) mass is 291 g/mol. The highest BCUT2D eigenvalue weighted by Gasteiger charge is 2.14. The smallest absolute Gasteiger partial charge is 0.191 e. The molecule has 0 spiro atoms. The molecule has 0 aliphatic heterocycles. The Morgan fingerprint density at radius 2 is 2.24 bits per heavy atom. The molecule has 0 atom stereocenters. The lowest BCUT2D eigenvalue weighted by Crippen LogP contribution is -1.84. The van der Waals surface area contributed by atoms with E-state index in [2.05, 4.69) is 27.2 Å². The van der Waals surface area contributed by atoms with Gasteiger partial charge in [-0.2, -0.15) is 0 Å². The first kappa shape index (κ1) is 10.4. The first-order valence-electron chi connectivity index (χ1n) is 5.12. The van der Waals surface area contributed by atoms with Crippen LogP contribution in [0, 0.1) is 0 Å². The molecule has 0 unspecified atom stereocenters. The van der Waals surface area contributed by atoms with Gasteiger partial charge in [0.15, 0.2) is 5.76 Å². The molecule has 2 heterocycles. The van der Waals surface area contributed by atoms with E-state index in [0.717, 1.165) is 20.9 Å². The van der Waals surface area contributed by atoms with Crippen LogP contribution in [-0.4, -0.2) is 9.72 Å². The van der Waals surface area contributed by atoms with Crippen LogP contribution in [0.15, 0.2) is 39.6 Å². The maximum atomic E-state index is 5.83. The number of nitrogen functional groups attached to an aromatic ring is 1. The second kappa shape index (κ2) is 3.63. The highest BCUT2D eigenvalue weighted by atomic mass is 79.9. The molecule has 86 valence electrons. The van der Waals surface area contributed by atoms with Crippen molar-refractivity contribution < 1.29 is 4.52 Å². The zero-order valence-electron chi connectivity index (χ0n) is 9.14. The van der Waals surface area contributed by atoms with Crippen LogP contribution >= 0.6 is 15.9 Å². The van der Waals surface area contributed by atoms with Crippen molar-refractivity contribution in [1.29, 1.82) is 0 Å². The normalized spacial score (nSPS) is 11.2. The molecule has 4 nitrogen and oxygen atoms in total. The summed E-state index contributed by atoms with van der Waals surface area (Å²) in [6, 6.07) is 6.10. The molecule has 2 N–H and O–H groups in total. The van der Waals surface area contributed by atoms with Crippen molar-refractivity contribution in [2.75, 3.05) is 5.73 Å². The van der Waals surface area contributed by atoms with E-state index < -0.39 is 0 Å². The van der Waals surface area contributed by atoms with Crippen LogP contribution in [0.3, 0.4) is 0 Å². The minimum Gasteiger partial charge on any atom is -0.394 e. The topological polar surface area (TPSA) is 57.0 Å². The van der Waals surface area contributed by atoms with Gasteiger partial charge in [-0.15, -0.1) is 0 Å². The molecule has 3 rings (SSSR count). The van der Waals surface area contributed by atoms with Crippen molar-refractivity contribution in [1.82, 2.24) is 9.72 Å². The Balaban J connectivity index is 2.35. The van der Waals surface area contributed by atoms with Crippen LogP contribution in [0.4, 0.5) is 5.69 Å². The number of halogens is 1. The second-order valence-corrected chi connectivity index (χ2v) is 4.84. The minimum atomic E-state index is 0.556. The number of hydrogen-bond acceptors (Lipinski definition) is 3. The molecular weight excluding hydrogens is 282 g/mol. The van der Waals surface area contributed by atoms with Crippen molar-refractivity contribution in [2.24, 2.45) is 7.05 Å². The van der Waals surface area contributed by atoms with Crippen LogP contribution in [0.5, 0.6) is 0 Å². The van der Waals surface area contributed by atoms with Crippen LogP contribution in [0.25, 0.3) is 22.2 Å². The van der Waals surface area contributed by atoms with Crippen LogP contribution in [0.2, 0.25) is 0 Å². The minimum absolute atomic E-state index is 0.556. The van der Waals surface area contributed by atoms with Gasteiger partial charge in [0.1, 0.15) is 5.69 Å². The van der Waals surface area contributed by atoms with Crippen LogP contribution in [0.1, 0.15) is 0 Å². The first-order chi connectivity index (χ1) is 8.16. The first-order valence-corrected chi connectivity index (χ1v) is 5.91. The number of anilines is 1. The van der Waals surface area contributed by atoms with Gasteiger partial charge >= 0.3 is 0 Å². The van der Waals surface area contributed by atoms with E-state index in [4.69, 9.17) is 10.3 Å². The molecule has 17 heavy (non-hydrogen) atoms. The Labute approximate surface area is 106 Å². The number of fused-ring (bicyclic) bond motifs is 1. The lowest BCUT2D eigenvalue weighted by Gasteiger charge is -1.97. The van der Waals surface area contributed by atoms with Gasteiger partial charge in [0.25, 0.3) is 0 Å². The summed E-state index contributed by atoms with van der Waals surface area (Å²) in [4.78, 5) is 0. The summed E-state index contributed by atoms with van der Waals surface area (Å²) in [7, 11) is 1.99. The number of aryl methyl sites for hydroxylation is 1. The summed E-state index contributed by atoms with van der Waals surface area (Å²) in [5.74, 6) is 0.623.